The topological polar surface area (TPSA) is 38.7 Å². The number of hydrogen-bond acceptors (Lipinski definition) is 4. The van der Waals surface area contributed by atoms with Gasteiger partial charge in [0.2, 0.25) is 0 Å². The number of aliphatic hydroxyl groups is 1. The zero-order valence-electron chi connectivity index (χ0n) is 6.12. The van der Waals surface area contributed by atoms with Gasteiger partial charge in [-0.25, -0.2) is 0 Å². The van der Waals surface area contributed by atoms with Crippen LogP contribution in [0.1, 0.15) is 0 Å². The van der Waals surface area contributed by atoms with Gasteiger partial charge in [0.05, 0.1) is 25.9 Å². The molecule has 0 rings (SSSR count). The van der Waals surface area contributed by atoms with E-state index >= 15 is 0 Å². The molecular weight excluding hydrogens is 152 g/mol. The second-order valence-corrected chi connectivity index (χ2v) is 2.27. The van der Waals surface area contributed by atoms with E-state index in [1.165, 1.54) is 0 Å². The van der Waals surface area contributed by atoms with Crippen LogP contribution in [0, 0.1) is 0 Å². The summed E-state index contributed by atoms with van der Waals surface area (Å²) in [6.45, 7) is 1.44. The van der Waals surface area contributed by atoms with Crippen molar-refractivity contribution in [2.24, 2.45) is 0 Å². The van der Waals surface area contributed by atoms with Crippen molar-refractivity contribution in [3.05, 3.63) is 0 Å². The standard InChI is InChI=1S/C6H14O3S/c1-8-2-3-9-4-6(7)5-10/h6-7,10H,2-5H2,1H3/t6-/m1/s1. The summed E-state index contributed by atoms with van der Waals surface area (Å²) < 4.78 is 9.73. The molecule has 0 aromatic carbocycles. The Kier molecular flexibility index (Phi) is 7.51. The Morgan fingerprint density at radius 3 is 2.70 bits per heavy atom. The summed E-state index contributed by atoms with van der Waals surface area (Å²) in [7, 11) is 1.61. The summed E-state index contributed by atoms with van der Waals surface area (Å²) in [4.78, 5) is 0. The molecule has 0 aromatic rings. The molecule has 0 heterocycles. The van der Waals surface area contributed by atoms with Crippen LogP contribution in [0.2, 0.25) is 0 Å². The lowest BCUT2D eigenvalue weighted by Crippen LogP contribution is -2.18. The van der Waals surface area contributed by atoms with Crippen molar-refractivity contribution in [2.75, 3.05) is 32.7 Å². The molecule has 0 spiro atoms. The SMILES string of the molecule is COCCOC[C@@H](O)CS. The Hall–Kier alpha value is 0.230. The molecule has 3 nitrogen and oxygen atoms in total. The molecule has 0 fully saturated rings. The fraction of sp³-hybridized carbons (Fsp3) is 1.00. The van der Waals surface area contributed by atoms with Crippen LogP contribution < -0.4 is 0 Å². The zero-order chi connectivity index (χ0) is 7.82. The van der Waals surface area contributed by atoms with Crippen LogP contribution in [0.15, 0.2) is 0 Å². The molecule has 0 saturated carbocycles. The van der Waals surface area contributed by atoms with Crippen molar-refractivity contribution in [1.29, 1.82) is 0 Å². The number of aliphatic hydroxyl groups excluding tert-OH is 1. The largest absolute Gasteiger partial charge is 0.390 e. The summed E-state index contributed by atoms with van der Waals surface area (Å²) in [5.74, 6) is 0.437. The normalized spacial score (nSPS) is 13.5. The molecule has 0 aliphatic carbocycles. The molecule has 1 N–H and O–H groups in total. The smallest absolute Gasteiger partial charge is 0.0861 e. The average molecular weight is 166 g/mol. The van der Waals surface area contributed by atoms with Gasteiger partial charge >= 0.3 is 0 Å². The van der Waals surface area contributed by atoms with Crippen LogP contribution in [-0.4, -0.2) is 43.9 Å². The predicted molar refractivity (Wildman–Crippen MR) is 42.6 cm³/mol. The Morgan fingerprint density at radius 1 is 1.50 bits per heavy atom. The van der Waals surface area contributed by atoms with E-state index in [9.17, 15) is 0 Å². The van der Waals surface area contributed by atoms with Gasteiger partial charge in [-0.2, -0.15) is 12.6 Å². The molecule has 1 atom stereocenters. The summed E-state index contributed by atoms with van der Waals surface area (Å²) in [6.07, 6.45) is -0.458. The molecule has 0 amide bonds. The molecule has 0 saturated heterocycles. The maximum absolute atomic E-state index is 8.92. The minimum Gasteiger partial charge on any atom is -0.390 e. The number of ether oxygens (including phenoxy) is 2. The summed E-state index contributed by atoms with van der Waals surface area (Å²) in [5.41, 5.74) is 0. The predicted octanol–water partition coefficient (Wildman–Crippen LogP) is -0.0599. The van der Waals surface area contributed by atoms with Gasteiger partial charge in [-0.3, -0.25) is 0 Å². The molecule has 0 aromatic heterocycles. The van der Waals surface area contributed by atoms with Crippen LogP contribution in [0.4, 0.5) is 0 Å². The minimum atomic E-state index is -0.458. The first-order valence-electron chi connectivity index (χ1n) is 3.17. The Morgan fingerprint density at radius 2 is 2.20 bits per heavy atom. The first kappa shape index (κ1) is 10.2. The molecule has 0 aliphatic rings. The van der Waals surface area contributed by atoms with Gasteiger partial charge in [0.25, 0.3) is 0 Å². The fourth-order valence-corrected chi connectivity index (χ4v) is 0.520. The van der Waals surface area contributed by atoms with E-state index in [1.807, 2.05) is 0 Å². The lowest BCUT2D eigenvalue weighted by atomic mass is 10.4. The van der Waals surface area contributed by atoms with Gasteiger partial charge in [-0.05, 0) is 0 Å². The zero-order valence-corrected chi connectivity index (χ0v) is 7.01. The van der Waals surface area contributed by atoms with E-state index in [2.05, 4.69) is 12.6 Å². The van der Waals surface area contributed by atoms with Gasteiger partial charge in [0, 0.05) is 12.9 Å². The Labute approximate surface area is 66.7 Å². The van der Waals surface area contributed by atoms with Crippen LogP contribution in [0.3, 0.4) is 0 Å². The fourth-order valence-electron chi connectivity index (χ4n) is 0.414. The van der Waals surface area contributed by atoms with Crippen molar-refractivity contribution in [3.63, 3.8) is 0 Å². The highest BCUT2D eigenvalue weighted by atomic mass is 32.1. The van der Waals surface area contributed by atoms with Crippen molar-refractivity contribution < 1.29 is 14.6 Å². The maximum Gasteiger partial charge on any atom is 0.0861 e. The van der Waals surface area contributed by atoms with Gasteiger partial charge in [0.15, 0.2) is 0 Å². The molecule has 62 valence electrons. The Balaban J connectivity index is 2.89. The van der Waals surface area contributed by atoms with Gasteiger partial charge < -0.3 is 14.6 Å². The molecular formula is C6H14O3S. The number of methoxy groups -OCH3 is 1. The summed E-state index contributed by atoms with van der Waals surface area (Å²) >= 11 is 3.88. The average Bonchev–Trinajstić information content (AvgIpc) is 1.98. The van der Waals surface area contributed by atoms with Crippen LogP contribution >= 0.6 is 12.6 Å². The van der Waals surface area contributed by atoms with E-state index < -0.39 is 6.10 Å². The van der Waals surface area contributed by atoms with Crippen molar-refractivity contribution in [3.8, 4) is 0 Å². The van der Waals surface area contributed by atoms with E-state index in [0.29, 0.717) is 25.6 Å². The highest BCUT2D eigenvalue weighted by molar-refractivity contribution is 7.80. The molecule has 4 heteroatoms. The van der Waals surface area contributed by atoms with Gasteiger partial charge in [-0.15, -0.1) is 0 Å². The van der Waals surface area contributed by atoms with Crippen LogP contribution in [0.5, 0.6) is 0 Å². The third-order valence-electron chi connectivity index (χ3n) is 0.953. The van der Waals surface area contributed by atoms with Gasteiger partial charge in [-0.1, -0.05) is 0 Å². The first-order chi connectivity index (χ1) is 4.81. The lowest BCUT2D eigenvalue weighted by Gasteiger charge is -2.06. The number of hydrogen-bond donors (Lipinski definition) is 2. The van der Waals surface area contributed by atoms with Gasteiger partial charge in [0.1, 0.15) is 0 Å². The lowest BCUT2D eigenvalue weighted by molar-refractivity contribution is 0.0219. The second kappa shape index (κ2) is 7.34. The summed E-state index contributed by atoms with van der Waals surface area (Å²) in [6, 6.07) is 0. The number of rotatable bonds is 6. The maximum atomic E-state index is 8.92. The van der Waals surface area contributed by atoms with E-state index in [0.717, 1.165) is 0 Å². The monoisotopic (exact) mass is 166 g/mol. The minimum absolute atomic E-state index is 0.340. The van der Waals surface area contributed by atoms with E-state index in [4.69, 9.17) is 14.6 Å². The number of thiol groups is 1. The molecule has 0 unspecified atom stereocenters. The molecule has 10 heavy (non-hydrogen) atoms. The van der Waals surface area contributed by atoms with Crippen molar-refractivity contribution >= 4 is 12.6 Å². The Bertz CT molecular complexity index is 70.0. The highest BCUT2D eigenvalue weighted by Crippen LogP contribution is 1.87. The van der Waals surface area contributed by atoms with Crippen LogP contribution in [-0.2, 0) is 9.47 Å². The molecule has 0 radical (unpaired) electrons. The van der Waals surface area contributed by atoms with Crippen molar-refractivity contribution in [1.82, 2.24) is 0 Å². The second-order valence-electron chi connectivity index (χ2n) is 1.90. The molecule has 0 aliphatic heterocycles. The third-order valence-corrected chi connectivity index (χ3v) is 1.37. The third kappa shape index (κ3) is 6.35. The van der Waals surface area contributed by atoms with E-state index in [1.54, 1.807) is 7.11 Å². The van der Waals surface area contributed by atoms with E-state index in [-0.39, 0.29) is 0 Å². The van der Waals surface area contributed by atoms with Crippen molar-refractivity contribution in [2.45, 2.75) is 6.10 Å². The first-order valence-corrected chi connectivity index (χ1v) is 3.80. The quantitative estimate of drug-likeness (QED) is 0.429. The van der Waals surface area contributed by atoms with Crippen LogP contribution in [0.25, 0.3) is 0 Å². The summed E-state index contributed by atoms with van der Waals surface area (Å²) in [5, 5.41) is 8.92. The highest BCUT2D eigenvalue weighted by Gasteiger charge is 1.98. The molecule has 0 bridgehead atoms.